The van der Waals surface area contributed by atoms with Crippen molar-refractivity contribution in [3.8, 4) is 11.5 Å². The number of pyridine rings is 1. The van der Waals surface area contributed by atoms with Crippen molar-refractivity contribution in [3.63, 3.8) is 0 Å². The first-order chi connectivity index (χ1) is 9.51. The largest absolute Gasteiger partial charge is 0.372 e. The third-order valence-corrected chi connectivity index (χ3v) is 4.04. The van der Waals surface area contributed by atoms with Crippen LogP contribution in [0.5, 0.6) is 0 Å². The topological polar surface area (TPSA) is 50.7 Å². The van der Waals surface area contributed by atoms with Crippen molar-refractivity contribution in [2.75, 3.05) is 12.4 Å². The van der Waals surface area contributed by atoms with Crippen molar-refractivity contribution < 1.29 is 0 Å². The first-order valence-electron chi connectivity index (χ1n) is 6.68. The molecule has 2 aromatic rings. The molecule has 2 aromatic heterocycles. The summed E-state index contributed by atoms with van der Waals surface area (Å²) < 4.78 is 1.09. The summed E-state index contributed by atoms with van der Waals surface area (Å²) in [6.45, 7) is 6.44. The van der Waals surface area contributed by atoms with Gasteiger partial charge in [0, 0.05) is 13.2 Å². The van der Waals surface area contributed by atoms with Gasteiger partial charge in [0.1, 0.15) is 11.5 Å². The molecular formula is C15H19IN4. The summed E-state index contributed by atoms with van der Waals surface area (Å²) in [4.78, 5) is 13.7. The first kappa shape index (κ1) is 15.2. The summed E-state index contributed by atoms with van der Waals surface area (Å²) in [5.41, 5.74) is 3.06. The van der Waals surface area contributed by atoms with Crippen LogP contribution in [0.2, 0.25) is 0 Å². The van der Waals surface area contributed by atoms with Crippen LogP contribution in [0.3, 0.4) is 0 Å². The van der Waals surface area contributed by atoms with E-state index in [9.17, 15) is 0 Å². The van der Waals surface area contributed by atoms with E-state index < -0.39 is 0 Å². The summed E-state index contributed by atoms with van der Waals surface area (Å²) in [7, 11) is 1.89. The molecule has 0 atom stereocenters. The molecule has 0 fully saturated rings. The average Bonchev–Trinajstić information content (AvgIpc) is 2.40. The zero-order chi connectivity index (χ0) is 14.7. The quantitative estimate of drug-likeness (QED) is 0.820. The number of aromatic nitrogens is 3. The van der Waals surface area contributed by atoms with Crippen molar-refractivity contribution in [1.82, 2.24) is 15.0 Å². The van der Waals surface area contributed by atoms with Crippen molar-refractivity contribution >= 4 is 28.4 Å². The summed E-state index contributed by atoms with van der Waals surface area (Å²) >= 11 is 2.31. The number of hydrogen-bond acceptors (Lipinski definition) is 4. The van der Waals surface area contributed by atoms with Gasteiger partial charge in [0.05, 0.1) is 9.26 Å². The predicted octanol–water partition coefficient (Wildman–Crippen LogP) is 3.69. The fourth-order valence-corrected chi connectivity index (χ4v) is 2.69. The molecule has 4 nitrogen and oxygen atoms in total. The van der Waals surface area contributed by atoms with Crippen LogP contribution in [0.25, 0.3) is 11.5 Å². The minimum Gasteiger partial charge on any atom is -0.372 e. The van der Waals surface area contributed by atoms with E-state index in [4.69, 9.17) is 4.98 Å². The maximum absolute atomic E-state index is 4.71. The molecule has 2 heterocycles. The van der Waals surface area contributed by atoms with Gasteiger partial charge >= 0.3 is 0 Å². The molecule has 0 aliphatic carbocycles. The summed E-state index contributed by atoms with van der Waals surface area (Å²) in [6, 6.07) is 3.99. The molecule has 0 aliphatic rings. The van der Waals surface area contributed by atoms with Crippen molar-refractivity contribution in [1.29, 1.82) is 0 Å². The number of rotatable bonds is 4. The van der Waals surface area contributed by atoms with E-state index in [1.807, 2.05) is 26.1 Å². The Hall–Kier alpha value is -1.24. The van der Waals surface area contributed by atoms with Crippen LogP contribution in [0.4, 0.5) is 5.82 Å². The Kier molecular flexibility index (Phi) is 4.91. The first-order valence-corrected chi connectivity index (χ1v) is 7.76. The number of anilines is 1. The Morgan fingerprint density at radius 2 is 2.05 bits per heavy atom. The molecule has 5 heteroatoms. The van der Waals surface area contributed by atoms with Crippen LogP contribution < -0.4 is 5.32 Å². The monoisotopic (exact) mass is 382 g/mol. The van der Waals surface area contributed by atoms with E-state index in [1.54, 1.807) is 6.20 Å². The maximum Gasteiger partial charge on any atom is 0.180 e. The molecule has 20 heavy (non-hydrogen) atoms. The number of nitrogens with zero attached hydrogens (tertiary/aromatic N) is 3. The van der Waals surface area contributed by atoms with Gasteiger partial charge in [0.25, 0.3) is 0 Å². The molecule has 0 radical (unpaired) electrons. The molecule has 0 aromatic carbocycles. The van der Waals surface area contributed by atoms with E-state index in [0.29, 0.717) is 11.7 Å². The van der Waals surface area contributed by atoms with Crippen LogP contribution in [-0.4, -0.2) is 22.0 Å². The van der Waals surface area contributed by atoms with E-state index in [1.165, 1.54) is 0 Å². The van der Waals surface area contributed by atoms with E-state index in [-0.39, 0.29) is 0 Å². The van der Waals surface area contributed by atoms with Crippen LogP contribution >= 0.6 is 22.6 Å². The van der Waals surface area contributed by atoms with Gasteiger partial charge in [-0.1, -0.05) is 13.8 Å². The second-order valence-corrected chi connectivity index (χ2v) is 6.30. The lowest BCUT2D eigenvalue weighted by Crippen LogP contribution is -2.08. The fraction of sp³-hybridized carbons (Fsp3) is 0.400. The smallest absolute Gasteiger partial charge is 0.180 e. The summed E-state index contributed by atoms with van der Waals surface area (Å²) in [6.07, 6.45) is 2.74. The lowest BCUT2D eigenvalue weighted by molar-refractivity contribution is 0.632. The third kappa shape index (κ3) is 3.45. The van der Waals surface area contributed by atoms with Gasteiger partial charge in [0.2, 0.25) is 0 Å². The Morgan fingerprint density at radius 1 is 1.30 bits per heavy atom. The zero-order valence-electron chi connectivity index (χ0n) is 12.2. The number of nitrogens with one attached hydrogen (secondary N) is 1. The highest BCUT2D eigenvalue weighted by atomic mass is 127. The maximum atomic E-state index is 4.71. The van der Waals surface area contributed by atoms with Crippen molar-refractivity contribution in [2.45, 2.75) is 27.2 Å². The van der Waals surface area contributed by atoms with Gasteiger partial charge < -0.3 is 5.32 Å². The van der Waals surface area contributed by atoms with Crippen LogP contribution in [0.15, 0.2) is 18.3 Å². The lowest BCUT2D eigenvalue weighted by atomic mass is 10.1. The molecule has 0 unspecified atom stereocenters. The van der Waals surface area contributed by atoms with E-state index in [0.717, 1.165) is 32.8 Å². The van der Waals surface area contributed by atoms with Gasteiger partial charge in [-0.05, 0) is 59.5 Å². The normalized spacial score (nSPS) is 10.9. The molecular weight excluding hydrogens is 363 g/mol. The number of hydrogen-bond donors (Lipinski definition) is 1. The van der Waals surface area contributed by atoms with Crippen molar-refractivity contribution in [2.24, 2.45) is 5.92 Å². The molecule has 1 N–H and O–H groups in total. The van der Waals surface area contributed by atoms with E-state index >= 15 is 0 Å². The highest BCUT2D eigenvalue weighted by molar-refractivity contribution is 14.1. The average molecular weight is 382 g/mol. The van der Waals surface area contributed by atoms with Gasteiger partial charge in [-0.25, -0.2) is 9.97 Å². The van der Waals surface area contributed by atoms with Crippen LogP contribution in [0.1, 0.15) is 25.1 Å². The van der Waals surface area contributed by atoms with Crippen LogP contribution in [-0.2, 0) is 6.42 Å². The highest BCUT2D eigenvalue weighted by Gasteiger charge is 2.14. The highest BCUT2D eigenvalue weighted by Crippen LogP contribution is 2.24. The van der Waals surface area contributed by atoms with Gasteiger partial charge in [-0.3, -0.25) is 4.98 Å². The molecule has 2 rings (SSSR count). The fourth-order valence-electron chi connectivity index (χ4n) is 1.95. The zero-order valence-corrected chi connectivity index (χ0v) is 14.4. The molecule has 0 saturated heterocycles. The minimum absolute atomic E-state index is 0.557. The predicted molar refractivity (Wildman–Crippen MR) is 90.8 cm³/mol. The number of halogens is 1. The Bertz CT molecular complexity index is 611. The summed E-state index contributed by atoms with van der Waals surface area (Å²) in [5, 5.41) is 3.15. The van der Waals surface area contributed by atoms with E-state index in [2.05, 4.69) is 51.7 Å². The van der Waals surface area contributed by atoms with Crippen molar-refractivity contribution in [3.05, 3.63) is 33.2 Å². The second kappa shape index (κ2) is 6.47. The van der Waals surface area contributed by atoms with Gasteiger partial charge in [0.15, 0.2) is 5.82 Å². The molecule has 106 valence electrons. The SMILES string of the molecule is CNc1nc(-c2cc(C)ccn2)nc(CC(C)C)c1I. The Morgan fingerprint density at radius 3 is 2.65 bits per heavy atom. The van der Waals surface area contributed by atoms with Gasteiger partial charge in [-0.15, -0.1) is 0 Å². The summed E-state index contributed by atoms with van der Waals surface area (Å²) in [5.74, 6) is 2.12. The molecule has 0 saturated carbocycles. The van der Waals surface area contributed by atoms with Gasteiger partial charge in [-0.2, -0.15) is 0 Å². The minimum atomic E-state index is 0.557. The Balaban J connectivity index is 2.53. The standard InChI is InChI=1S/C15H19IN4/c1-9(2)7-11-13(16)15(17-4)20-14(19-11)12-8-10(3)5-6-18-12/h5-6,8-9H,7H2,1-4H3,(H,17,19,20). The second-order valence-electron chi connectivity index (χ2n) is 5.22. The lowest BCUT2D eigenvalue weighted by Gasteiger charge is -2.12. The number of aryl methyl sites for hydroxylation is 1. The molecule has 0 spiro atoms. The molecule has 0 aliphatic heterocycles. The van der Waals surface area contributed by atoms with Crippen LogP contribution in [0, 0.1) is 16.4 Å². The molecule has 0 amide bonds. The third-order valence-electron chi connectivity index (χ3n) is 2.90. The molecule has 0 bridgehead atoms. The Labute approximate surface area is 133 Å².